The second-order valence-corrected chi connectivity index (χ2v) is 5.45. The van der Waals surface area contributed by atoms with E-state index in [0.717, 1.165) is 37.8 Å². The fourth-order valence-electron chi connectivity index (χ4n) is 1.97. The van der Waals surface area contributed by atoms with Gasteiger partial charge in [0.2, 0.25) is 0 Å². The van der Waals surface area contributed by atoms with E-state index in [0.29, 0.717) is 6.10 Å². The molecular formula is C11H19N3OS. The minimum Gasteiger partial charge on any atom is -0.374 e. The van der Waals surface area contributed by atoms with Gasteiger partial charge in [-0.1, -0.05) is 0 Å². The van der Waals surface area contributed by atoms with Crippen molar-refractivity contribution in [2.45, 2.75) is 19.6 Å². The van der Waals surface area contributed by atoms with Gasteiger partial charge in [-0.05, 0) is 14.0 Å². The van der Waals surface area contributed by atoms with E-state index in [9.17, 15) is 0 Å². The Bertz CT molecular complexity index is 327. The monoisotopic (exact) mass is 241 g/mol. The normalized spacial score (nSPS) is 22.5. The number of nitrogens with zero attached hydrogens (tertiary/aromatic N) is 2. The van der Waals surface area contributed by atoms with Crippen LogP contribution in [0.4, 0.5) is 0 Å². The number of rotatable bonds is 4. The van der Waals surface area contributed by atoms with Gasteiger partial charge in [-0.25, -0.2) is 4.98 Å². The first-order chi connectivity index (χ1) is 7.78. The molecule has 0 radical (unpaired) electrons. The lowest BCUT2D eigenvalue weighted by molar-refractivity contribution is -0.0288. The molecule has 1 N–H and O–H groups in total. The Morgan fingerprint density at radius 2 is 2.56 bits per heavy atom. The van der Waals surface area contributed by atoms with Crippen molar-refractivity contribution in [1.82, 2.24) is 15.2 Å². The van der Waals surface area contributed by atoms with Crippen LogP contribution < -0.4 is 5.32 Å². The molecule has 0 bridgehead atoms. The van der Waals surface area contributed by atoms with Crippen LogP contribution in [0, 0.1) is 6.92 Å². The fourth-order valence-corrected chi connectivity index (χ4v) is 2.81. The SMILES string of the molecule is CNCC1CN(Cc2cnc(C)s2)CCO1. The summed E-state index contributed by atoms with van der Waals surface area (Å²) in [6, 6.07) is 0. The summed E-state index contributed by atoms with van der Waals surface area (Å²) >= 11 is 1.79. The highest BCUT2D eigenvalue weighted by Crippen LogP contribution is 2.16. The molecule has 2 rings (SSSR count). The van der Waals surface area contributed by atoms with Crippen LogP contribution >= 0.6 is 11.3 Å². The zero-order valence-corrected chi connectivity index (χ0v) is 10.7. The summed E-state index contributed by atoms with van der Waals surface area (Å²) in [6.45, 7) is 6.86. The van der Waals surface area contributed by atoms with E-state index in [1.54, 1.807) is 11.3 Å². The Hall–Kier alpha value is -0.490. The number of nitrogens with one attached hydrogen (secondary N) is 1. The lowest BCUT2D eigenvalue weighted by Crippen LogP contribution is -2.45. The lowest BCUT2D eigenvalue weighted by atomic mass is 10.2. The third-order valence-corrected chi connectivity index (χ3v) is 3.60. The number of aromatic nitrogens is 1. The van der Waals surface area contributed by atoms with Crippen molar-refractivity contribution in [2.24, 2.45) is 0 Å². The van der Waals surface area contributed by atoms with Crippen LogP contribution in [-0.4, -0.2) is 49.3 Å². The van der Waals surface area contributed by atoms with Gasteiger partial charge in [-0.15, -0.1) is 11.3 Å². The number of thiazole rings is 1. The van der Waals surface area contributed by atoms with Gasteiger partial charge in [0.1, 0.15) is 0 Å². The molecule has 1 aromatic heterocycles. The van der Waals surface area contributed by atoms with Crippen LogP contribution in [0.2, 0.25) is 0 Å². The number of likely N-dealkylation sites (N-methyl/N-ethyl adjacent to an activating group) is 1. The number of aryl methyl sites for hydroxylation is 1. The average Bonchev–Trinajstić information content (AvgIpc) is 2.65. The fraction of sp³-hybridized carbons (Fsp3) is 0.727. The van der Waals surface area contributed by atoms with Crippen molar-refractivity contribution >= 4 is 11.3 Å². The molecule has 1 aliphatic heterocycles. The first kappa shape index (κ1) is 12.0. The molecule has 1 fully saturated rings. The molecule has 1 unspecified atom stereocenters. The first-order valence-corrected chi connectivity index (χ1v) is 6.49. The van der Waals surface area contributed by atoms with Gasteiger partial charge in [0.05, 0.1) is 17.7 Å². The van der Waals surface area contributed by atoms with Crippen LogP contribution in [0.3, 0.4) is 0 Å². The van der Waals surface area contributed by atoms with Gasteiger partial charge in [0.15, 0.2) is 0 Å². The van der Waals surface area contributed by atoms with Gasteiger partial charge in [0.25, 0.3) is 0 Å². The maximum Gasteiger partial charge on any atom is 0.0897 e. The van der Waals surface area contributed by atoms with Gasteiger partial charge in [-0.3, -0.25) is 4.90 Å². The quantitative estimate of drug-likeness (QED) is 0.849. The second kappa shape index (κ2) is 5.72. The van der Waals surface area contributed by atoms with Crippen molar-refractivity contribution in [3.63, 3.8) is 0 Å². The Morgan fingerprint density at radius 3 is 3.25 bits per heavy atom. The molecule has 0 saturated carbocycles. The van der Waals surface area contributed by atoms with Gasteiger partial charge < -0.3 is 10.1 Å². The number of morpholine rings is 1. The minimum atomic E-state index is 0.327. The number of hydrogen-bond donors (Lipinski definition) is 1. The van der Waals surface area contributed by atoms with E-state index in [1.165, 1.54) is 4.88 Å². The van der Waals surface area contributed by atoms with Gasteiger partial charge in [-0.2, -0.15) is 0 Å². The second-order valence-electron chi connectivity index (χ2n) is 4.13. The molecule has 4 nitrogen and oxygen atoms in total. The van der Waals surface area contributed by atoms with E-state index in [4.69, 9.17) is 4.74 Å². The Kier molecular flexibility index (Phi) is 4.29. The topological polar surface area (TPSA) is 37.4 Å². The maximum absolute atomic E-state index is 5.68. The molecule has 1 aliphatic rings. The van der Waals surface area contributed by atoms with E-state index < -0.39 is 0 Å². The van der Waals surface area contributed by atoms with E-state index in [1.807, 2.05) is 13.2 Å². The van der Waals surface area contributed by atoms with Crippen molar-refractivity contribution in [1.29, 1.82) is 0 Å². The highest BCUT2D eigenvalue weighted by molar-refractivity contribution is 7.11. The highest BCUT2D eigenvalue weighted by atomic mass is 32.1. The van der Waals surface area contributed by atoms with Crippen LogP contribution in [-0.2, 0) is 11.3 Å². The maximum atomic E-state index is 5.68. The summed E-state index contributed by atoms with van der Waals surface area (Å²) in [5.74, 6) is 0. The van der Waals surface area contributed by atoms with Crippen molar-refractivity contribution < 1.29 is 4.74 Å². The van der Waals surface area contributed by atoms with Crippen molar-refractivity contribution in [2.75, 3.05) is 33.3 Å². The van der Waals surface area contributed by atoms with Crippen molar-refractivity contribution in [3.05, 3.63) is 16.1 Å². The van der Waals surface area contributed by atoms with Gasteiger partial charge in [0, 0.05) is 37.3 Å². The predicted molar refractivity (Wildman–Crippen MR) is 65.8 cm³/mol. The Labute approximate surface area is 101 Å². The summed E-state index contributed by atoms with van der Waals surface area (Å²) in [5, 5.41) is 4.31. The summed E-state index contributed by atoms with van der Waals surface area (Å²) in [5.41, 5.74) is 0. The summed E-state index contributed by atoms with van der Waals surface area (Å²) in [4.78, 5) is 8.08. The third kappa shape index (κ3) is 3.25. The van der Waals surface area contributed by atoms with E-state index >= 15 is 0 Å². The molecule has 90 valence electrons. The zero-order chi connectivity index (χ0) is 11.4. The Morgan fingerprint density at radius 1 is 1.69 bits per heavy atom. The van der Waals surface area contributed by atoms with Crippen LogP contribution in [0.15, 0.2) is 6.20 Å². The van der Waals surface area contributed by atoms with Crippen LogP contribution in [0.1, 0.15) is 9.88 Å². The molecule has 2 heterocycles. The molecule has 0 spiro atoms. The molecule has 0 amide bonds. The lowest BCUT2D eigenvalue weighted by Gasteiger charge is -2.32. The molecule has 16 heavy (non-hydrogen) atoms. The first-order valence-electron chi connectivity index (χ1n) is 5.68. The zero-order valence-electron chi connectivity index (χ0n) is 9.90. The summed E-state index contributed by atoms with van der Waals surface area (Å²) in [6.07, 6.45) is 2.32. The molecule has 0 aliphatic carbocycles. The standard InChI is InChI=1S/C11H19N3OS/c1-9-13-6-11(16-9)8-14-3-4-15-10(7-14)5-12-2/h6,10,12H,3-5,7-8H2,1-2H3. The highest BCUT2D eigenvalue weighted by Gasteiger charge is 2.20. The smallest absolute Gasteiger partial charge is 0.0897 e. The Balaban J connectivity index is 1.85. The molecule has 1 saturated heterocycles. The van der Waals surface area contributed by atoms with Crippen molar-refractivity contribution in [3.8, 4) is 0 Å². The average molecular weight is 241 g/mol. The summed E-state index contributed by atoms with van der Waals surface area (Å²) < 4.78 is 5.68. The molecule has 1 atom stereocenters. The summed E-state index contributed by atoms with van der Waals surface area (Å²) in [7, 11) is 1.97. The molecule has 0 aromatic carbocycles. The van der Waals surface area contributed by atoms with Crippen LogP contribution in [0.5, 0.6) is 0 Å². The number of hydrogen-bond acceptors (Lipinski definition) is 5. The van der Waals surface area contributed by atoms with Crippen LogP contribution in [0.25, 0.3) is 0 Å². The number of ether oxygens (including phenoxy) is 1. The molecular weight excluding hydrogens is 222 g/mol. The van der Waals surface area contributed by atoms with E-state index in [-0.39, 0.29) is 0 Å². The largest absolute Gasteiger partial charge is 0.374 e. The minimum absolute atomic E-state index is 0.327. The predicted octanol–water partition coefficient (Wildman–Crippen LogP) is 0.872. The van der Waals surface area contributed by atoms with E-state index in [2.05, 4.69) is 22.1 Å². The molecule has 5 heteroatoms. The van der Waals surface area contributed by atoms with Gasteiger partial charge >= 0.3 is 0 Å². The molecule has 1 aromatic rings. The third-order valence-electron chi connectivity index (χ3n) is 2.70.